The summed E-state index contributed by atoms with van der Waals surface area (Å²) in [6.45, 7) is 0.865. The summed E-state index contributed by atoms with van der Waals surface area (Å²) in [5.41, 5.74) is 0.976. The lowest BCUT2D eigenvalue weighted by Crippen LogP contribution is -2.26. The maximum atomic E-state index is 11.3. The molecular formula is C13H15NO2S. The van der Waals surface area contributed by atoms with Gasteiger partial charge in [0.1, 0.15) is 6.61 Å². The zero-order valence-electron chi connectivity index (χ0n) is 9.52. The summed E-state index contributed by atoms with van der Waals surface area (Å²) in [6, 6.07) is 9.57. The van der Waals surface area contributed by atoms with Crippen LogP contribution in [0.4, 0.5) is 4.79 Å². The lowest BCUT2D eigenvalue weighted by atomic mass is 10.2. The van der Waals surface area contributed by atoms with Crippen molar-refractivity contribution in [1.29, 1.82) is 0 Å². The number of amides is 1. The summed E-state index contributed by atoms with van der Waals surface area (Å²) in [5.74, 6) is 3.99. The molecule has 1 N–H and O–H groups in total. The van der Waals surface area contributed by atoms with E-state index in [1.807, 2.05) is 30.3 Å². The van der Waals surface area contributed by atoms with Crippen LogP contribution in [0.1, 0.15) is 5.56 Å². The van der Waals surface area contributed by atoms with Crippen molar-refractivity contribution < 1.29 is 9.53 Å². The Hall–Kier alpha value is -1.60. The highest BCUT2D eigenvalue weighted by atomic mass is 32.2. The van der Waals surface area contributed by atoms with E-state index in [2.05, 4.69) is 11.2 Å². The first-order valence-electron chi connectivity index (χ1n) is 5.28. The van der Waals surface area contributed by atoms with Crippen molar-refractivity contribution in [2.45, 2.75) is 6.61 Å². The molecule has 1 aromatic rings. The number of benzene rings is 1. The molecule has 1 aromatic carbocycles. The lowest BCUT2D eigenvalue weighted by Gasteiger charge is -2.06. The van der Waals surface area contributed by atoms with Crippen molar-refractivity contribution in [2.75, 3.05) is 18.1 Å². The van der Waals surface area contributed by atoms with Gasteiger partial charge < -0.3 is 10.1 Å². The molecule has 0 spiro atoms. The fraction of sp³-hybridized carbons (Fsp3) is 0.308. The Labute approximate surface area is 106 Å². The topological polar surface area (TPSA) is 38.3 Å². The largest absolute Gasteiger partial charge is 0.445 e. The first kappa shape index (κ1) is 13.5. The molecule has 1 rings (SSSR count). The average Bonchev–Trinajstić information content (AvgIpc) is 2.37. The van der Waals surface area contributed by atoms with Crippen LogP contribution in [-0.2, 0) is 11.3 Å². The summed E-state index contributed by atoms with van der Waals surface area (Å²) in [4.78, 5) is 11.3. The molecule has 0 atom stereocenters. The highest BCUT2D eigenvalue weighted by Crippen LogP contribution is 2.00. The van der Waals surface area contributed by atoms with Crippen molar-refractivity contribution in [3.8, 4) is 12.3 Å². The number of carbonyl (C=O) groups is 1. The van der Waals surface area contributed by atoms with Crippen LogP contribution in [-0.4, -0.2) is 24.1 Å². The van der Waals surface area contributed by atoms with Crippen LogP contribution in [0.25, 0.3) is 0 Å². The minimum Gasteiger partial charge on any atom is -0.445 e. The van der Waals surface area contributed by atoms with E-state index in [4.69, 9.17) is 11.2 Å². The summed E-state index contributed by atoms with van der Waals surface area (Å²) >= 11 is 1.60. The van der Waals surface area contributed by atoms with E-state index in [9.17, 15) is 4.79 Å². The molecule has 0 radical (unpaired) electrons. The standard InChI is InChI=1S/C13H15NO2S/c1-2-9-17-10-8-14-13(15)16-11-12-6-4-3-5-7-12/h1,3-7H,8-11H2,(H,14,15). The second-order valence-electron chi connectivity index (χ2n) is 3.25. The predicted molar refractivity (Wildman–Crippen MR) is 70.8 cm³/mol. The molecule has 0 saturated carbocycles. The molecular weight excluding hydrogens is 234 g/mol. The van der Waals surface area contributed by atoms with Gasteiger partial charge >= 0.3 is 6.09 Å². The number of terminal acetylenes is 1. The summed E-state index contributed by atoms with van der Waals surface area (Å²) < 4.78 is 5.03. The highest BCUT2D eigenvalue weighted by Gasteiger charge is 2.00. The molecule has 0 heterocycles. The third kappa shape index (κ3) is 6.54. The summed E-state index contributed by atoms with van der Waals surface area (Å²) in [5, 5.41) is 2.66. The van der Waals surface area contributed by atoms with Crippen molar-refractivity contribution in [3.05, 3.63) is 35.9 Å². The Bertz CT molecular complexity index is 373. The monoisotopic (exact) mass is 249 g/mol. The minimum absolute atomic E-state index is 0.296. The van der Waals surface area contributed by atoms with Crippen molar-refractivity contribution >= 4 is 17.9 Å². The van der Waals surface area contributed by atoms with Crippen LogP contribution in [0, 0.1) is 12.3 Å². The highest BCUT2D eigenvalue weighted by molar-refractivity contribution is 7.99. The van der Waals surface area contributed by atoms with Gasteiger partial charge in [0.2, 0.25) is 0 Å². The minimum atomic E-state index is -0.393. The zero-order valence-corrected chi connectivity index (χ0v) is 10.3. The molecule has 0 bridgehead atoms. The number of thioether (sulfide) groups is 1. The van der Waals surface area contributed by atoms with Crippen LogP contribution in [0.5, 0.6) is 0 Å². The van der Waals surface area contributed by atoms with E-state index in [0.29, 0.717) is 18.9 Å². The van der Waals surface area contributed by atoms with Gasteiger partial charge in [-0.25, -0.2) is 4.79 Å². The van der Waals surface area contributed by atoms with Gasteiger partial charge in [0.15, 0.2) is 0 Å². The summed E-state index contributed by atoms with van der Waals surface area (Å²) in [6.07, 6.45) is 4.71. The van der Waals surface area contributed by atoms with Crippen LogP contribution >= 0.6 is 11.8 Å². The zero-order chi connectivity index (χ0) is 12.3. The van der Waals surface area contributed by atoms with Gasteiger partial charge in [-0.15, -0.1) is 18.2 Å². The van der Waals surface area contributed by atoms with Crippen LogP contribution in [0.3, 0.4) is 0 Å². The number of hydrogen-bond donors (Lipinski definition) is 1. The fourth-order valence-electron chi connectivity index (χ4n) is 1.13. The fourth-order valence-corrected chi connectivity index (χ4v) is 1.64. The van der Waals surface area contributed by atoms with E-state index in [1.54, 1.807) is 11.8 Å². The molecule has 0 fully saturated rings. The second-order valence-corrected chi connectivity index (χ2v) is 4.35. The number of nitrogens with one attached hydrogen (secondary N) is 1. The quantitative estimate of drug-likeness (QED) is 0.621. The Morgan fingerprint density at radius 2 is 2.18 bits per heavy atom. The smallest absolute Gasteiger partial charge is 0.407 e. The van der Waals surface area contributed by atoms with Crippen molar-refractivity contribution in [1.82, 2.24) is 5.32 Å². The number of carbonyl (C=O) groups excluding carboxylic acids is 1. The number of ether oxygens (including phenoxy) is 1. The van der Waals surface area contributed by atoms with E-state index in [1.165, 1.54) is 0 Å². The first-order valence-corrected chi connectivity index (χ1v) is 6.44. The third-order valence-corrected chi connectivity index (χ3v) is 2.78. The van der Waals surface area contributed by atoms with E-state index < -0.39 is 6.09 Å². The third-order valence-electron chi connectivity index (χ3n) is 1.91. The van der Waals surface area contributed by atoms with Gasteiger partial charge in [-0.05, 0) is 5.56 Å². The van der Waals surface area contributed by atoms with Crippen LogP contribution in [0.2, 0.25) is 0 Å². The lowest BCUT2D eigenvalue weighted by molar-refractivity contribution is 0.140. The van der Waals surface area contributed by atoms with Gasteiger partial charge in [-0.1, -0.05) is 36.3 Å². The molecule has 4 heteroatoms. The number of alkyl carbamates (subject to hydrolysis) is 1. The average molecular weight is 249 g/mol. The SMILES string of the molecule is C#CCSCCNC(=O)OCc1ccccc1. The molecule has 3 nitrogen and oxygen atoms in total. The number of rotatable bonds is 6. The molecule has 0 aromatic heterocycles. The first-order chi connectivity index (χ1) is 8.33. The second kappa shape index (κ2) is 8.54. The van der Waals surface area contributed by atoms with Crippen LogP contribution in [0.15, 0.2) is 30.3 Å². The van der Waals surface area contributed by atoms with Gasteiger partial charge in [-0.3, -0.25) is 0 Å². The van der Waals surface area contributed by atoms with Crippen LogP contribution < -0.4 is 5.32 Å². The van der Waals surface area contributed by atoms with Crippen molar-refractivity contribution in [3.63, 3.8) is 0 Å². The molecule has 1 amide bonds. The summed E-state index contributed by atoms with van der Waals surface area (Å²) in [7, 11) is 0. The molecule has 17 heavy (non-hydrogen) atoms. The molecule has 0 unspecified atom stereocenters. The van der Waals surface area contributed by atoms with E-state index in [0.717, 1.165) is 11.3 Å². The van der Waals surface area contributed by atoms with Gasteiger partial charge in [0.05, 0.1) is 5.75 Å². The normalized spacial score (nSPS) is 9.35. The van der Waals surface area contributed by atoms with Gasteiger partial charge in [-0.2, -0.15) is 0 Å². The predicted octanol–water partition coefficient (Wildman–Crippen LogP) is 2.28. The van der Waals surface area contributed by atoms with E-state index >= 15 is 0 Å². The molecule has 0 aliphatic carbocycles. The Kier molecular flexibility index (Phi) is 6.76. The van der Waals surface area contributed by atoms with Crippen molar-refractivity contribution in [2.24, 2.45) is 0 Å². The molecule has 0 aliphatic rings. The maximum Gasteiger partial charge on any atom is 0.407 e. The molecule has 0 aliphatic heterocycles. The molecule has 90 valence electrons. The Morgan fingerprint density at radius 1 is 1.41 bits per heavy atom. The number of hydrogen-bond acceptors (Lipinski definition) is 3. The van der Waals surface area contributed by atoms with Gasteiger partial charge in [0.25, 0.3) is 0 Å². The van der Waals surface area contributed by atoms with E-state index in [-0.39, 0.29) is 0 Å². The molecule has 0 saturated heterocycles. The Morgan fingerprint density at radius 3 is 2.88 bits per heavy atom. The Balaban J connectivity index is 2.08. The van der Waals surface area contributed by atoms with Gasteiger partial charge in [0, 0.05) is 12.3 Å². The maximum absolute atomic E-state index is 11.3.